The molecular weight excluding hydrogens is 342 g/mol. The highest BCUT2D eigenvalue weighted by Crippen LogP contribution is 2.23. The van der Waals surface area contributed by atoms with E-state index in [4.69, 9.17) is 4.74 Å². The topological polar surface area (TPSA) is 74.2 Å². The molecule has 6 nitrogen and oxygen atoms in total. The Labute approximate surface area is 160 Å². The van der Waals surface area contributed by atoms with E-state index in [0.29, 0.717) is 11.3 Å². The molecule has 0 aliphatic rings. The average Bonchev–Trinajstić information content (AvgIpc) is 2.65. The number of hydrogen-bond acceptors (Lipinski definition) is 5. The summed E-state index contributed by atoms with van der Waals surface area (Å²) in [6, 6.07) is 11.2. The first-order valence-electron chi connectivity index (χ1n) is 9.04. The van der Waals surface area contributed by atoms with Crippen molar-refractivity contribution in [2.45, 2.75) is 27.7 Å². The molecule has 144 valence electrons. The molecule has 0 radical (unpaired) electrons. The first kappa shape index (κ1) is 20.3. The first-order valence-corrected chi connectivity index (χ1v) is 9.04. The summed E-state index contributed by atoms with van der Waals surface area (Å²) < 4.78 is 5.53. The quantitative estimate of drug-likeness (QED) is 0.553. The van der Waals surface area contributed by atoms with Crippen LogP contribution in [-0.2, 0) is 4.79 Å². The number of rotatable bonds is 8. The highest BCUT2D eigenvalue weighted by atomic mass is 16.5. The molecule has 0 saturated heterocycles. The van der Waals surface area contributed by atoms with Crippen molar-refractivity contribution < 1.29 is 14.6 Å². The fraction of sp³-hybridized carbons (Fsp3) is 0.333. The number of hydrazone groups is 1. The summed E-state index contributed by atoms with van der Waals surface area (Å²) in [7, 11) is 0. The maximum absolute atomic E-state index is 11.9. The van der Waals surface area contributed by atoms with Gasteiger partial charge in [0.15, 0.2) is 6.61 Å². The monoisotopic (exact) mass is 369 g/mol. The second kappa shape index (κ2) is 9.62. The van der Waals surface area contributed by atoms with Crippen LogP contribution in [0, 0.1) is 13.8 Å². The maximum Gasteiger partial charge on any atom is 0.277 e. The van der Waals surface area contributed by atoms with Crippen molar-refractivity contribution in [2.75, 3.05) is 24.6 Å². The summed E-state index contributed by atoms with van der Waals surface area (Å²) in [4.78, 5) is 14.0. The fourth-order valence-electron chi connectivity index (χ4n) is 2.64. The van der Waals surface area contributed by atoms with E-state index in [1.54, 1.807) is 12.1 Å². The van der Waals surface area contributed by atoms with Gasteiger partial charge < -0.3 is 14.7 Å². The van der Waals surface area contributed by atoms with Gasteiger partial charge in [0.25, 0.3) is 5.91 Å². The van der Waals surface area contributed by atoms with E-state index in [0.717, 1.165) is 29.9 Å². The number of hydrogen-bond donors (Lipinski definition) is 2. The molecule has 2 aromatic carbocycles. The van der Waals surface area contributed by atoms with Gasteiger partial charge in [-0.2, -0.15) is 5.10 Å². The third-order valence-electron chi connectivity index (χ3n) is 4.24. The number of phenols is 1. The third kappa shape index (κ3) is 5.74. The van der Waals surface area contributed by atoms with Crippen LogP contribution in [0.5, 0.6) is 11.5 Å². The molecule has 0 fully saturated rings. The minimum absolute atomic E-state index is 0.115. The number of amides is 1. The Balaban J connectivity index is 1.91. The Hall–Kier alpha value is -3.02. The summed E-state index contributed by atoms with van der Waals surface area (Å²) in [6.07, 6.45) is 1.41. The first-order chi connectivity index (χ1) is 12.9. The fourth-order valence-corrected chi connectivity index (χ4v) is 2.64. The van der Waals surface area contributed by atoms with Crippen molar-refractivity contribution >= 4 is 17.8 Å². The molecule has 0 bridgehead atoms. The lowest BCUT2D eigenvalue weighted by Gasteiger charge is -2.21. The lowest BCUT2D eigenvalue weighted by Crippen LogP contribution is -2.24. The number of anilines is 1. The van der Waals surface area contributed by atoms with Crippen LogP contribution in [0.3, 0.4) is 0 Å². The van der Waals surface area contributed by atoms with Gasteiger partial charge in [-0.3, -0.25) is 4.79 Å². The number of nitrogens with zero attached hydrogens (tertiary/aromatic N) is 2. The highest BCUT2D eigenvalue weighted by molar-refractivity contribution is 5.86. The summed E-state index contributed by atoms with van der Waals surface area (Å²) in [5, 5.41) is 14.0. The molecule has 27 heavy (non-hydrogen) atoms. The average molecular weight is 369 g/mol. The van der Waals surface area contributed by atoms with Gasteiger partial charge in [0.1, 0.15) is 11.5 Å². The summed E-state index contributed by atoms with van der Waals surface area (Å²) in [5.41, 5.74) is 5.92. The molecule has 0 spiro atoms. The lowest BCUT2D eigenvalue weighted by molar-refractivity contribution is -0.123. The maximum atomic E-state index is 11.9. The summed E-state index contributed by atoms with van der Waals surface area (Å²) in [6.45, 7) is 9.61. The zero-order valence-electron chi connectivity index (χ0n) is 16.3. The van der Waals surface area contributed by atoms with E-state index in [-0.39, 0.29) is 18.3 Å². The molecule has 6 heteroatoms. The zero-order valence-corrected chi connectivity index (χ0v) is 16.3. The van der Waals surface area contributed by atoms with E-state index in [1.807, 2.05) is 38.1 Å². The van der Waals surface area contributed by atoms with Gasteiger partial charge in [0.2, 0.25) is 0 Å². The molecule has 2 rings (SSSR count). The van der Waals surface area contributed by atoms with Crippen molar-refractivity contribution in [1.29, 1.82) is 0 Å². The van der Waals surface area contributed by atoms with Crippen LogP contribution in [0.4, 0.5) is 5.69 Å². The number of ether oxygens (including phenoxy) is 1. The Kier molecular flexibility index (Phi) is 7.23. The number of carbonyl (C=O) groups excluding carboxylic acids is 1. The van der Waals surface area contributed by atoms with Crippen molar-refractivity contribution in [3.05, 3.63) is 53.1 Å². The van der Waals surface area contributed by atoms with E-state index >= 15 is 0 Å². The lowest BCUT2D eigenvalue weighted by atomic mass is 10.1. The molecule has 0 atom stereocenters. The largest absolute Gasteiger partial charge is 0.507 e. The van der Waals surface area contributed by atoms with Gasteiger partial charge in [-0.15, -0.1) is 0 Å². The van der Waals surface area contributed by atoms with Crippen LogP contribution in [-0.4, -0.2) is 36.9 Å². The van der Waals surface area contributed by atoms with Gasteiger partial charge in [0, 0.05) is 30.4 Å². The van der Waals surface area contributed by atoms with Crippen molar-refractivity contribution in [1.82, 2.24) is 5.43 Å². The van der Waals surface area contributed by atoms with Crippen molar-refractivity contribution in [3.8, 4) is 11.5 Å². The SMILES string of the molecule is CCN(CC)c1ccc(/C=N\NC(=O)COc2cc(C)ccc2C)c(O)c1. The van der Waals surface area contributed by atoms with Crippen LogP contribution < -0.4 is 15.1 Å². The molecule has 0 aliphatic carbocycles. The molecular formula is C21H27N3O3. The molecule has 0 saturated carbocycles. The number of carbonyl (C=O) groups is 1. The zero-order chi connectivity index (χ0) is 19.8. The van der Waals surface area contributed by atoms with Crippen LogP contribution in [0.2, 0.25) is 0 Å². The number of phenolic OH excluding ortho intramolecular Hbond substituents is 1. The molecule has 1 amide bonds. The van der Waals surface area contributed by atoms with Gasteiger partial charge in [-0.05, 0) is 57.0 Å². The number of aryl methyl sites for hydroxylation is 2. The molecule has 0 unspecified atom stereocenters. The predicted octanol–water partition coefficient (Wildman–Crippen LogP) is 3.38. The van der Waals surface area contributed by atoms with Crippen LogP contribution in [0.15, 0.2) is 41.5 Å². The van der Waals surface area contributed by atoms with Crippen molar-refractivity contribution in [2.24, 2.45) is 5.10 Å². The van der Waals surface area contributed by atoms with Crippen molar-refractivity contribution in [3.63, 3.8) is 0 Å². The smallest absolute Gasteiger partial charge is 0.277 e. The molecule has 0 aromatic heterocycles. The van der Waals surface area contributed by atoms with Crippen LogP contribution in [0.1, 0.15) is 30.5 Å². The van der Waals surface area contributed by atoms with E-state index in [2.05, 4.69) is 29.3 Å². The Bertz CT molecular complexity index is 814. The van der Waals surface area contributed by atoms with Crippen LogP contribution >= 0.6 is 0 Å². The number of benzene rings is 2. The third-order valence-corrected chi connectivity index (χ3v) is 4.24. The van der Waals surface area contributed by atoms with Gasteiger partial charge in [-0.1, -0.05) is 12.1 Å². The van der Waals surface area contributed by atoms with Gasteiger partial charge in [-0.25, -0.2) is 5.43 Å². The Morgan fingerprint density at radius 1 is 1.19 bits per heavy atom. The van der Waals surface area contributed by atoms with Gasteiger partial charge >= 0.3 is 0 Å². The van der Waals surface area contributed by atoms with E-state index in [1.165, 1.54) is 6.21 Å². The second-order valence-corrected chi connectivity index (χ2v) is 6.27. The molecule has 0 heterocycles. The molecule has 2 N–H and O–H groups in total. The predicted molar refractivity (Wildman–Crippen MR) is 109 cm³/mol. The Morgan fingerprint density at radius 2 is 1.93 bits per heavy atom. The standard InChI is InChI=1S/C21H27N3O3/c1-5-24(6-2)18-10-9-17(19(25)12-18)13-22-23-21(26)14-27-20-11-15(3)7-8-16(20)4/h7-13,25H,5-6,14H2,1-4H3,(H,23,26)/b22-13-. The normalized spacial score (nSPS) is 10.8. The molecule has 0 aliphatic heterocycles. The number of nitrogens with one attached hydrogen (secondary N) is 1. The minimum Gasteiger partial charge on any atom is -0.507 e. The van der Waals surface area contributed by atoms with Gasteiger partial charge in [0.05, 0.1) is 6.21 Å². The number of aromatic hydroxyl groups is 1. The van der Waals surface area contributed by atoms with E-state index < -0.39 is 0 Å². The second-order valence-electron chi connectivity index (χ2n) is 6.27. The minimum atomic E-state index is -0.369. The Morgan fingerprint density at radius 3 is 2.59 bits per heavy atom. The molecule has 2 aromatic rings. The van der Waals surface area contributed by atoms with E-state index in [9.17, 15) is 9.90 Å². The summed E-state index contributed by atoms with van der Waals surface area (Å²) >= 11 is 0. The highest BCUT2D eigenvalue weighted by Gasteiger charge is 2.07. The summed E-state index contributed by atoms with van der Waals surface area (Å²) in [5.74, 6) is 0.425. The van der Waals surface area contributed by atoms with Crippen LogP contribution in [0.25, 0.3) is 0 Å².